The SMILES string of the molecule is COc1ccc([C@H](CNC(=O)c2cn(-c3ccccc3)nc2-c2ccccc2C)N(C)C)cc1OC. The molecule has 0 aliphatic rings. The van der Waals surface area contributed by atoms with E-state index in [1.54, 1.807) is 25.1 Å². The lowest BCUT2D eigenvalue weighted by atomic mass is 10.0. The topological polar surface area (TPSA) is 68.6 Å². The molecule has 0 spiro atoms. The van der Waals surface area contributed by atoms with Crippen molar-refractivity contribution in [3.05, 3.63) is 95.7 Å². The molecule has 1 atom stereocenters. The van der Waals surface area contributed by atoms with Crippen molar-refractivity contribution in [3.8, 4) is 28.4 Å². The number of carbonyl (C=O) groups is 1. The molecule has 7 heteroatoms. The molecule has 0 saturated carbocycles. The van der Waals surface area contributed by atoms with Crippen molar-refractivity contribution >= 4 is 5.91 Å². The van der Waals surface area contributed by atoms with Gasteiger partial charge in [0.05, 0.1) is 31.5 Å². The Hall–Kier alpha value is -4.10. The number of carbonyl (C=O) groups excluding carboxylic acids is 1. The van der Waals surface area contributed by atoms with Crippen molar-refractivity contribution in [3.63, 3.8) is 0 Å². The molecule has 4 rings (SSSR count). The second-order valence-electron chi connectivity index (χ2n) is 8.79. The number of para-hydroxylation sites is 1. The number of hydrogen-bond acceptors (Lipinski definition) is 5. The van der Waals surface area contributed by atoms with Crippen molar-refractivity contribution < 1.29 is 14.3 Å². The third-order valence-electron chi connectivity index (χ3n) is 6.25. The zero-order valence-electron chi connectivity index (χ0n) is 21.4. The van der Waals surface area contributed by atoms with Crippen LogP contribution < -0.4 is 14.8 Å². The highest BCUT2D eigenvalue weighted by atomic mass is 16.5. The average molecular weight is 485 g/mol. The van der Waals surface area contributed by atoms with Gasteiger partial charge in [0.15, 0.2) is 11.5 Å². The summed E-state index contributed by atoms with van der Waals surface area (Å²) < 4.78 is 12.6. The average Bonchev–Trinajstić information content (AvgIpc) is 3.34. The highest BCUT2D eigenvalue weighted by Gasteiger charge is 2.22. The minimum atomic E-state index is -0.178. The van der Waals surface area contributed by atoms with Gasteiger partial charge in [-0.1, -0.05) is 48.5 Å². The van der Waals surface area contributed by atoms with Gasteiger partial charge in [-0.15, -0.1) is 0 Å². The van der Waals surface area contributed by atoms with Gasteiger partial charge in [0.1, 0.15) is 5.69 Å². The summed E-state index contributed by atoms with van der Waals surface area (Å²) in [5.74, 6) is 1.14. The fraction of sp³-hybridized carbons (Fsp3) is 0.241. The number of aromatic nitrogens is 2. The molecule has 1 N–H and O–H groups in total. The number of ether oxygens (including phenoxy) is 2. The van der Waals surface area contributed by atoms with E-state index in [0.717, 1.165) is 22.4 Å². The molecule has 0 aliphatic heterocycles. The molecule has 0 unspecified atom stereocenters. The van der Waals surface area contributed by atoms with Crippen LogP contribution in [0.3, 0.4) is 0 Å². The van der Waals surface area contributed by atoms with Crippen LogP contribution in [0.25, 0.3) is 16.9 Å². The predicted octanol–water partition coefficient (Wildman–Crippen LogP) is 4.90. The van der Waals surface area contributed by atoms with E-state index in [0.29, 0.717) is 29.3 Å². The highest BCUT2D eigenvalue weighted by molar-refractivity contribution is 6.00. The largest absolute Gasteiger partial charge is 0.493 e. The first kappa shape index (κ1) is 25.0. The van der Waals surface area contributed by atoms with E-state index in [-0.39, 0.29) is 11.9 Å². The molecular weight excluding hydrogens is 452 g/mol. The Kier molecular flexibility index (Phi) is 7.71. The normalized spacial score (nSPS) is 11.8. The van der Waals surface area contributed by atoms with Crippen LogP contribution in [-0.2, 0) is 0 Å². The summed E-state index contributed by atoms with van der Waals surface area (Å²) in [6, 6.07) is 23.5. The molecule has 1 heterocycles. The summed E-state index contributed by atoms with van der Waals surface area (Å²) in [6.45, 7) is 2.43. The van der Waals surface area contributed by atoms with Crippen LogP contribution >= 0.6 is 0 Å². The van der Waals surface area contributed by atoms with Crippen molar-refractivity contribution in [1.29, 1.82) is 0 Å². The molecule has 4 aromatic rings. The number of aryl methyl sites for hydroxylation is 1. The van der Waals surface area contributed by atoms with Crippen LogP contribution in [0.1, 0.15) is 27.5 Å². The first-order valence-electron chi connectivity index (χ1n) is 11.8. The number of nitrogens with zero attached hydrogens (tertiary/aromatic N) is 3. The second kappa shape index (κ2) is 11.1. The number of nitrogens with one attached hydrogen (secondary N) is 1. The lowest BCUT2D eigenvalue weighted by Gasteiger charge is -2.26. The molecule has 0 aliphatic carbocycles. The van der Waals surface area contributed by atoms with Gasteiger partial charge in [0.2, 0.25) is 0 Å². The Morgan fingerprint density at radius 2 is 1.67 bits per heavy atom. The maximum absolute atomic E-state index is 13.5. The van der Waals surface area contributed by atoms with E-state index >= 15 is 0 Å². The van der Waals surface area contributed by atoms with Crippen LogP contribution in [0, 0.1) is 6.92 Å². The summed E-state index contributed by atoms with van der Waals surface area (Å²) in [5.41, 5.74) is 5.07. The van der Waals surface area contributed by atoms with E-state index in [2.05, 4.69) is 10.2 Å². The molecule has 1 aromatic heterocycles. The van der Waals surface area contributed by atoms with Crippen LogP contribution in [0.15, 0.2) is 79.0 Å². The minimum Gasteiger partial charge on any atom is -0.493 e. The number of amides is 1. The summed E-state index contributed by atoms with van der Waals surface area (Å²) in [4.78, 5) is 15.6. The summed E-state index contributed by atoms with van der Waals surface area (Å²) in [6.07, 6.45) is 1.80. The molecular formula is C29H32N4O3. The quantitative estimate of drug-likeness (QED) is 0.366. The van der Waals surface area contributed by atoms with Crippen LogP contribution in [0.2, 0.25) is 0 Å². The Balaban J connectivity index is 1.64. The Morgan fingerprint density at radius 1 is 0.972 bits per heavy atom. The van der Waals surface area contributed by atoms with E-state index in [1.807, 2.05) is 93.8 Å². The van der Waals surface area contributed by atoms with E-state index in [1.165, 1.54) is 0 Å². The van der Waals surface area contributed by atoms with Crippen molar-refractivity contribution in [2.75, 3.05) is 34.9 Å². The number of likely N-dealkylation sites (N-methyl/N-ethyl adjacent to an activating group) is 1. The minimum absolute atomic E-state index is 0.0696. The monoisotopic (exact) mass is 484 g/mol. The third kappa shape index (κ3) is 5.26. The van der Waals surface area contributed by atoms with Gasteiger partial charge in [0.25, 0.3) is 5.91 Å². The molecule has 3 aromatic carbocycles. The molecule has 7 nitrogen and oxygen atoms in total. The fourth-order valence-electron chi connectivity index (χ4n) is 4.23. The summed E-state index contributed by atoms with van der Waals surface area (Å²) >= 11 is 0. The predicted molar refractivity (Wildman–Crippen MR) is 142 cm³/mol. The maximum atomic E-state index is 13.5. The standard InChI is InChI=1S/C29H32N4O3/c1-20-11-9-10-14-23(20)28-24(19-33(31-28)22-12-7-6-8-13-22)29(34)30-18-25(32(2)3)21-15-16-26(35-4)27(17-21)36-5/h6-17,19,25H,18H2,1-5H3,(H,30,34)/t25-/m0/s1. The third-order valence-corrected chi connectivity index (χ3v) is 6.25. The van der Waals surface area contributed by atoms with Crippen molar-refractivity contribution in [2.45, 2.75) is 13.0 Å². The zero-order chi connectivity index (χ0) is 25.7. The lowest BCUT2D eigenvalue weighted by Crippen LogP contribution is -2.34. The van der Waals surface area contributed by atoms with Gasteiger partial charge in [-0.25, -0.2) is 4.68 Å². The number of benzene rings is 3. The molecule has 36 heavy (non-hydrogen) atoms. The fourth-order valence-corrected chi connectivity index (χ4v) is 4.23. The summed E-state index contributed by atoms with van der Waals surface area (Å²) in [7, 11) is 7.20. The maximum Gasteiger partial charge on any atom is 0.255 e. The molecule has 0 radical (unpaired) electrons. The lowest BCUT2D eigenvalue weighted by molar-refractivity contribution is 0.0942. The van der Waals surface area contributed by atoms with Crippen LogP contribution in [0.5, 0.6) is 11.5 Å². The zero-order valence-corrected chi connectivity index (χ0v) is 21.4. The summed E-state index contributed by atoms with van der Waals surface area (Å²) in [5, 5.41) is 7.94. The molecule has 1 amide bonds. The van der Waals surface area contributed by atoms with Crippen molar-refractivity contribution in [2.24, 2.45) is 0 Å². The molecule has 186 valence electrons. The Bertz CT molecular complexity index is 1330. The first-order valence-corrected chi connectivity index (χ1v) is 11.8. The Labute approximate surface area is 212 Å². The van der Waals surface area contributed by atoms with Gasteiger partial charge in [-0.2, -0.15) is 5.10 Å². The van der Waals surface area contributed by atoms with E-state index in [9.17, 15) is 4.79 Å². The number of hydrogen-bond donors (Lipinski definition) is 1. The van der Waals surface area contributed by atoms with E-state index < -0.39 is 0 Å². The highest BCUT2D eigenvalue weighted by Crippen LogP contribution is 2.31. The van der Waals surface area contributed by atoms with Crippen LogP contribution in [0.4, 0.5) is 0 Å². The number of rotatable bonds is 9. The van der Waals surface area contributed by atoms with Gasteiger partial charge in [-0.3, -0.25) is 4.79 Å². The van der Waals surface area contributed by atoms with Gasteiger partial charge < -0.3 is 19.7 Å². The smallest absolute Gasteiger partial charge is 0.255 e. The molecule has 0 bridgehead atoms. The van der Waals surface area contributed by atoms with Crippen LogP contribution in [-0.4, -0.2) is 55.4 Å². The first-order chi connectivity index (χ1) is 17.4. The second-order valence-corrected chi connectivity index (χ2v) is 8.79. The van der Waals surface area contributed by atoms with Crippen molar-refractivity contribution in [1.82, 2.24) is 20.0 Å². The van der Waals surface area contributed by atoms with E-state index in [4.69, 9.17) is 14.6 Å². The molecule has 0 saturated heterocycles. The van der Waals surface area contributed by atoms with Gasteiger partial charge in [0, 0.05) is 18.3 Å². The van der Waals surface area contributed by atoms with Gasteiger partial charge >= 0.3 is 0 Å². The number of methoxy groups -OCH3 is 2. The molecule has 0 fully saturated rings. The van der Waals surface area contributed by atoms with Gasteiger partial charge in [-0.05, 0) is 56.4 Å². The Morgan fingerprint density at radius 3 is 2.33 bits per heavy atom.